The lowest BCUT2D eigenvalue weighted by Crippen LogP contribution is -2.14. The highest BCUT2D eigenvalue weighted by Crippen LogP contribution is 2.25. The zero-order valence-electron chi connectivity index (χ0n) is 17.1. The summed E-state index contributed by atoms with van der Waals surface area (Å²) in [5.74, 6) is 0.247. The highest BCUT2D eigenvalue weighted by atomic mass is 32.2. The molecule has 3 aromatic rings. The van der Waals surface area contributed by atoms with Crippen LogP contribution in [-0.4, -0.2) is 29.6 Å². The number of anilines is 1. The fraction of sp³-hybridized carbons (Fsp3) is 0.261. The van der Waals surface area contributed by atoms with E-state index < -0.39 is 16.8 Å². The third kappa shape index (κ3) is 6.05. The molecule has 1 unspecified atom stereocenters. The quantitative estimate of drug-likeness (QED) is 0.384. The number of aryl methyl sites for hydroxylation is 1. The lowest BCUT2D eigenvalue weighted by atomic mass is 10.1. The van der Waals surface area contributed by atoms with Crippen molar-refractivity contribution in [2.45, 2.75) is 25.0 Å². The van der Waals surface area contributed by atoms with Crippen LogP contribution < -0.4 is 5.32 Å². The normalized spacial score (nSPS) is 11.8. The molecule has 0 aliphatic rings. The van der Waals surface area contributed by atoms with Crippen LogP contribution in [0.2, 0.25) is 0 Å². The molecule has 1 aromatic heterocycles. The average Bonchev–Trinajstić information content (AvgIpc) is 3.26. The van der Waals surface area contributed by atoms with Gasteiger partial charge in [0.25, 0.3) is 0 Å². The monoisotopic (exact) mass is 427 g/mol. The number of hydrogen-bond donors (Lipinski definition) is 1. The van der Waals surface area contributed by atoms with Crippen LogP contribution in [0.1, 0.15) is 27.2 Å². The van der Waals surface area contributed by atoms with Gasteiger partial charge in [-0.05, 0) is 42.3 Å². The second kappa shape index (κ2) is 10.8. The summed E-state index contributed by atoms with van der Waals surface area (Å²) >= 11 is 0. The lowest BCUT2D eigenvalue weighted by Gasteiger charge is -2.14. The molecule has 2 aromatic carbocycles. The molecule has 0 radical (unpaired) electrons. The predicted octanol–water partition coefficient (Wildman–Crippen LogP) is 4.31. The Bertz CT molecular complexity index is 986. The van der Waals surface area contributed by atoms with Gasteiger partial charge in [0.2, 0.25) is 0 Å². The van der Waals surface area contributed by atoms with E-state index in [4.69, 9.17) is 13.9 Å². The smallest absolute Gasteiger partial charge is 0.340 e. The molecular weight excluding hydrogens is 402 g/mol. The first kappa shape index (κ1) is 21.8. The van der Waals surface area contributed by atoms with E-state index in [1.165, 1.54) is 0 Å². The van der Waals surface area contributed by atoms with Crippen LogP contribution in [0.5, 0.6) is 0 Å². The standard InChI is InChI=1S/C23H25NO5S/c1-17-13-21(24-15-19-9-6-10-28-19)20(14-22(17)30(2)26)23(25)29-12-11-27-16-18-7-4-3-5-8-18/h3-10,13-14,24H,11-12,15-16H2,1-2H3. The molecule has 0 spiro atoms. The third-order valence-electron chi connectivity index (χ3n) is 4.45. The molecule has 1 atom stereocenters. The number of rotatable bonds is 10. The second-order valence-electron chi connectivity index (χ2n) is 6.72. The average molecular weight is 428 g/mol. The van der Waals surface area contributed by atoms with Crippen molar-refractivity contribution in [2.24, 2.45) is 0 Å². The SMILES string of the molecule is Cc1cc(NCc2ccco2)c(C(=O)OCCOCc2ccccc2)cc1S(C)=O. The minimum Gasteiger partial charge on any atom is -0.467 e. The Labute approximate surface area is 178 Å². The molecule has 0 aliphatic heterocycles. The molecule has 0 bridgehead atoms. The lowest BCUT2D eigenvalue weighted by molar-refractivity contribution is 0.0289. The van der Waals surface area contributed by atoms with E-state index in [9.17, 15) is 9.00 Å². The summed E-state index contributed by atoms with van der Waals surface area (Å²) in [6.07, 6.45) is 3.18. The molecular formula is C23H25NO5S. The molecule has 6 nitrogen and oxygen atoms in total. The summed E-state index contributed by atoms with van der Waals surface area (Å²) in [4.78, 5) is 13.3. The Kier molecular flexibility index (Phi) is 7.82. The number of furan rings is 1. The van der Waals surface area contributed by atoms with Crippen LogP contribution in [-0.2, 0) is 33.4 Å². The summed E-state index contributed by atoms with van der Waals surface area (Å²) < 4.78 is 28.3. The minimum absolute atomic E-state index is 0.127. The summed E-state index contributed by atoms with van der Waals surface area (Å²) in [5.41, 5.74) is 2.83. The zero-order chi connectivity index (χ0) is 21.3. The van der Waals surface area contributed by atoms with Crippen LogP contribution in [0.4, 0.5) is 5.69 Å². The van der Waals surface area contributed by atoms with Crippen LogP contribution in [0, 0.1) is 6.92 Å². The maximum Gasteiger partial charge on any atom is 0.340 e. The summed E-state index contributed by atoms with van der Waals surface area (Å²) in [7, 11) is -1.22. The zero-order valence-corrected chi connectivity index (χ0v) is 17.9. The number of carbonyl (C=O) groups excluding carboxylic acids is 1. The fourth-order valence-corrected chi connectivity index (χ4v) is 3.74. The number of nitrogens with one attached hydrogen (secondary N) is 1. The summed E-state index contributed by atoms with van der Waals surface area (Å²) in [6, 6.07) is 16.9. The van der Waals surface area contributed by atoms with Crippen molar-refractivity contribution in [3.8, 4) is 0 Å². The Morgan fingerprint density at radius 3 is 2.60 bits per heavy atom. The van der Waals surface area contributed by atoms with Crippen LogP contribution in [0.25, 0.3) is 0 Å². The summed E-state index contributed by atoms with van der Waals surface area (Å²) in [5, 5.41) is 3.20. The molecule has 1 N–H and O–H groups in total. The van der Waals surface area contributed by atoms with E-state index in [1.54, 1.807) is 24.7 Å². The van der Waals surface area contributed by atoms with Gasteiger partial charge in [0.15, 0.2) is 0 Å². The molecule has 158 valence electrons. The number of esters is 1. The fourth-order valence-electron chi connectivity index (χ4n) is 2.94. The Morgan fingerprint density at radius 1 is 1.10 bits per heavy atom. The van der Waals surface area contributed by atoms with Gasteiger partial charge in [0.05, 0.1) is 42.4 Å². The molecule has 0 saturated heterocycles. The molecule has 30 heavy (non-hydrogen) atoms. The predicted molar refractivity (Wildman–Crippen MR) is 116 cm³/mol. The van der Waals surface area contributed by atoms with Gasteiger partial charge in [0.1, 0.15) is 12.4 Å². The van der Waals surface area contributed by atoms with Gasteiger partial charge in [-0.3, -0.25) is 4.21 Å². The second-order valence-corrected chi connectivity index (χ2v) is 8.07. The van der Waals surface area contributed by atoms with Crippen molar-refractivity contribution in [3.63, 3.8) is 0 Å². The first-order valence-electron chi connectivity index (χ1n) is 9.57. The third-order valence-corrected chi connectivity index (χ3v) is 5.51. The van der Waals surface area contributed by atoms with Crippen LogP contribution in [0.3, 0.4) is 0 Å². The largest absolute Gasteiger partial charge is 0.467 e. The van der Waals surface area contributed by atoms with Crippen molar-refractivity contribution < 1.29 is 22.9 Å². The number of ether oxygens (including phenoxy) is 2. The number of hydrogen-bond acceptors (Lipinski definition) is 6. The minimum atomic E-state index is -1.22. The van der Waals surface area contributed by atoms with Gasteiger partial charge in [0, 0.05) is 16.8 Å². The van der Waals surface area contributed by atoms with Gasteiger partial charge >= 0.3 is 5.97 Å². The first-order chi connectivity index (χ1) is 14.5. The Balaban J connectivity index is 1.62. The molecule has 0 fully saturated rings. The van der Waals surface area contributed by atoms with Crippen molar-refractivity contribution in [1.82, 2.24) is 0 Å². The Hall–Kier alpha value is -2.90. The van der Waals surface area contributed by atoms with Crippen molar-refractivity contribution >= 4 is 22.5 Å². The van der Waals surface area contributed by atoms with E-state index in [0.29, 0.717) is 29.3 Å². The topological polar surface area (TPSA) is 77.8 Å². The number of benzene rings is 2. The molecule has 1 heterocycles. The Morgan fingerprint density at radius 2 is 1.90 bits per heavy atom. The van der Waals surface area contributed by atoms with Crippen LogP contribution >= 0.6 is 0 Å². The highest BCUT2D eigenvalue weighted by molar-refractivity contribution is 7.84. The molecule has 0 amide bonds. The van der Waals surface area contributed by atoms with E-state index in [-0.39, 0.29) is 13.2 Å². The van der Waals surface area contributed by atoms with Crippen LogP contribution in [0.15, 0.2) is 70.2 Å². The van der Waals surface area contributed by atoms with Gasteiger partial charge < -0.3 is 19.2 Å². The maximum absolute atomic E-state index is 12.7. The van der Waals surface area contributed by atoms with E-state index in [1.807, 2.05) is 49.4 Å². The first-order valence-corrected chi connectivity index (χ1v) is 11.1. The van der Waals surface area contributed by atoms with Crippen molar-refractivity contribution in [1.29, 1.82) is 0 Å². The van der Waals surface area contributed by atoms with Gasteiger partial charge in [-0.2, -0.15) is 0 Å². The van der Waals surface area contributed by atoms with E-state index in [0.717, 1.165) is 16.9 Å². The van der Waals surface area contributed by atoms with E-state index in [2.05, 4.69) is 5.32 Å². The summed E-state index contributed by atoms with van der Waals surface area (Å²) in [6.45, 7) is 3.15. The van der Waals surface area contributed by atoms with Crippen molar-refractivity contribution in [3.05, 3.63) is 83.3 Å². The number of carbonyl (C=O) groups is 1. The van der Waals surface area contributed by atoms with Crippen molar-refractivity contribution in [2.75, 3.05) is 24.8 Å². The van der Waals surface area contributed by atoms with Gasteiger partial charge in [-0.1, -0.05) is 30.3 Å². The molecule has 3 rings (SSSR count). The molecule has 0 aliphatic carbocycles. The molecule has 0 saturated carbocycles. The van der Waals surface area contributed by atoms with Gasteiger partial charge in [-0.15, -0.1) is 0 Å². The van der Waals surface area contributed by atoms with Gasteiger partial charge in [-0.25, -0.2) is 4.79 Å². The van der Waals surface area contributed by atoms with E-state index >= 15 is 0 Å². The maximum atomic E-state index is 12.7. The molecule has 7 heteroatoms. The highest BCUT2D eigenvalue weighted by Gasteiger charge is 2.17.